The molecule has 9 nitrogen and oxygen atoms in total. The Bertz CT molecular complexity index is 937. The number of nitrogens with zero attached hydrogens (tertiary/aromatic N) is 3. The molecule has 2 aromatic rings. The molecule has 1 saturated heterocycles. The third-order valence-electron chi connectivity index (χ3n) is 5.73. The van der Waals surface area contributed by atoms with Gasteiger partial charge in [-0.3, -0.25) is 9.59 Å². The van der Waals surface area contributed by atoms with E-state index in [9.17, 15) is 14.4 Å². The van der Waals surface area contributed by atoms with Gasteiger partial charge in [0.1, 0.15) is 23.9 Å². The van der Waals surface area contributed by atoms with Crippen LogP contribution in [0.5, 0.6) is 5.75 Å². The maximum Gasteiger partial charge on any atom is 0.325 e. The Kier molecular flexibility index (Phi) is 5.43. The highest BCUT2D eigenvalue weighted by atomic mass is 16.5. The van der Waals surface area contributed by atoms with E-state index in [0.29, 0.717) is 37.4 Å². The molecular weight excluding hydrogens is 386 g/mol. The fourth-order valence-corrected chi connectivity index (χ4v) is 4.04. The average molecular weight is 411 g/mol. The first-order chi connectivity index (χ1) is 14.5. The highest BCUT2D eigenvalue weighted by Gasteiger charge is 2.54. The number of ether oxygens (including phenoxy) is 1. The molecule has 1 aromatic heterocycles. The fraction of sp³-hybridized carbons (Fsp3) is 0.429. The van der Waals surface area contributed by atoms with E-state index in [-0.39, 0.29) is 5.91 Å². The SMILES string of the molecule is CC(C(=O)Nc1ccccc1OCCn1ccnc1)N1C(=O)NC2(CCCC2)C1=O. The standard InChI is InChI=1S/C21H25N5O4/c1-15(26-19(28)21(24-20(26)29)8-4-5-9-21)18(27)23-16-6-2-3-7-17(16)30-13-12-25-11-10-22-14-25/h2-3,6-7,10-11,14-15H,4-5,8-9,12-13H2,1H3,(H,23,27)(H,24,29). The summed E-state index contributed by atoms with van der Waals surface area (Å²) in [5.41, 5.74) is -0.345. The lowest BCUT2D eigenvalue weighted by Crippen LogP contribution is -2.48. The highest BCUT2D eigenvalue weighted by Crippen LogP contribution is 2.36. The molecule has 158 valence electrons. The van der Waals surface area contributed by atoms with Gasteiger partial charge in [0.15, 0.2) is 0 Å². The van der Waals surface area contributed by atoms with Gasteiger partial charge in [0, 0.05) is 12.4 Å². The van der Waals surface area contributed by atoms with Crippen LogP contribution in [0, 0.1) is 0 Å². The normalized spacial score (nSPS) is 18.5. The fourth-order valence-electron chi connectivity index (χ4n) is 4.04. The second kappa shape index (κ2) is 8.17. The van der Waals surface area contributed by atoms with Gasteiger partial charge in [0.25, 0.3) is 5.91 Å². The number of nitrogens with one attached hydrogen (secondary N) is 2. The highest BCUT2D eigenvalue weighted by molar-refractivity contribution is 6.11. The van der Waals surface area contributed by atoms with Crippen LogP contribution in [0.25, 0.3) is 0 Å². The van der Waals surface area contributed by atoms with Crippen molar-refractivity contribution < 1.29 is 19.1 Å². The molecule has 1 aliphatic heterocycles. The number of rotatable bonds is 7. The molecule has 30 heavy (non-hydrogen) atoms. The van der Waals surface area contributed by atoms with Crippen molar-refractivity contribution in [3.63, 3.8) is 0 Å². The molecule has 1 saturated carbocycles. The Morgan fingerprint density at radius 1 is 1.30 bits per heavy atom. The number of imide groups is 1. The summed E-state index contributed by atoms with van der Waals surface area (Å²) in [4.78, 5) is 43.2. The van der Waals surface area contributed by atoms with Crippen molar-refractivity contribution in [2.45, 2.75) is 50.7 Å². The minimum absolute atomic E-state index is 0.308. The first-order valence-electron chi connectivity index (χ1n) is 10.1. The molecule has 4 amide bonds. The number of aromatic nitrogens is 2. The number of carbonyl (C=O) groups is 3. The first kappa shape index (κ1) is 19.9. The number of carbonyl (C=O) groups excluding carboxylic acids is 3. The number of amides is 4. The Balaban J connectivity index is 1.41. The maximum absolute atomic E-state index is 12.9. The molecule has 2 aliphatic rings. The molecular formula is C21H25N5O4. The third-order valence-corrected chi connectivity index (χ3v) is 5.73. The van der Waals surface area contributed by atoms with Gasteiger partial charge in [-0.1, -0.05) is 25.0 Å². The molecule has 1 unspecified atom stereocenters. The topological polar surface area (TPSA) is 106 Å². The van der Waals surface area contributed by atoms with Gasteiger partial charge in [-0.05, 0) is 31.9 Å². The zero-order chi connectivity index (χ0) is 21.1. The van der Waals surface area contributed by atoms with Gasteiger partial charge in [-0.15, -0.1) is 0 Å². The summed E-state index contributed by atoms with van der Waals surface area (Å²) in [6.07, 6.45) is 8.27. The van der Waals surface area contributed by atoms with Crippen LogP contribution in [0.2, 0.25) is 0 Å². The molecule has 1 aromatic carbocycles. The number of hydrogen-bond acceptors (Lipinski definition) is 5. The Labute approximate surface area is 174 Å². The largest absolute Gasteiger partial charge is 0.490 e. The van der Waals surface area contributed by atoms with E-state index < -0.39 is 23.5 Å². The zero-order valence-corrected chi connectivity index (χ0v) is 16.8. The number of benzene rings is 1. The third kappa shape index (κ3) is 3.74. The Morgan fingerprint density at radius 3 is 2.80 bits per heavy atom. The van der Waals surface area contributed by atoms with Crippen LogP contribution in [0.3, 0.4) is 0 Å². The van der Waals surface area contributed by atoms with E-state index in [1.54, 1.807) is 37.6 Å². The summed E-state index contributed by atoms with van der Waals surface area (Å²) in [5, 5.41) is 5.60. The lowest BCUT2D eigenvalue weighted by molar-refractivity contribution is -0.136. The summed E-state index contributed by atoms with van der Waals surface area (Å²) in [6.45, 7) is 2.57. The van der Waals surface area contributed by atoms with Crippen LogP contribution in [-0.4, -0.2) is 50.5 Å². The predicted molar refractivity (Wildman–Crippen MR) is 109 cm³/mol. The second-order valence-electron chi connectivity index (χ2n) is 7.70. The minimum Gasteiger partial charge on any atom is -0.490 e. The van der Waals surface area contributed by atoms with Crippen molar-refractivity contribution in [2.75, 3.05) is 11.9 Å². The van der Waals surface area contributed by atoms with Gasteiger partial charge >= 0.3 is 6.03 Å². The van der Waals surface area contributed by atoms with E-state index in [4.69, 9.17) is 4.74 Å². The second-order valence-corrected chi connectivity index (χ2v) is 7.70. The van der Waals surface area contributed by atoms with E-state index in [1.165, 1.54) is 0 Å². The molecule has 0 bridgehead atoms. The molecule has 2 heterocycles. The Morgan fingerprint density at radius 2 is 2.07 bits per heavy atom. The van der Waals surface area contributed by atoms with Crippen LogP contribution < -0.4 is 15.4 Å². The lowest BCUT2D eigenvalue weighted by atomic mass is 9.97. The van der Waals surface area contributed by atoms with Gasteiger partial charge < -0.3 is 19.9 Å². The molecule has 2 fully saturated rings. The molecule has 1 spiro atoms. The van der Waals surface area contributed by atoms with Crippen molar-refractivity contribution in [1.29, 1.82) is 0 Å². The van der Waals surface area contributed by atoms with Gasteiger partial charge in [-0.2, -0.15) is 0 Å². The zero-order valence-electron chi connectivity index (χ0n) is 16.8. The minimum atomic E-state index is -0.934. The monoisotopic (exact) mass is 411 g/mol. The number of imidazole rings is 1. The van der Waals surface area contributed by atoms with E-state index in [1.807, 2.05) is 16.8 Å². The summed E-state index contributed by atoms with van der Waals surface area (Å²) in [6, 6.07) is 5.64. The van der Waals surface area contributed by atoms with Crippen molar-refractivity contribution in [2.24, 2.45) is 0 Å². The summed E-state index contributed by atoms with van der Waals surface area (Å²) in [5.74, 6) is -0.237. The Hall–Kier alpha value is -3.36. The van der Waals surface area contributed by atoms with Crippen LogP contribution in [-0.2, 0) is 16.1 Å². The molecule has 1 aliphatic carbocycles. The molecule has 1 atom stereocenters. The van der Waals surface area contributed by atoms with Crippen LogP contribution in [0.15, 0.2) is 43.0 Å². The number of urea groups is 1. The quantitative estimate of drug-likeness (QED) is 0.679. The lowest BCUT2D eigenvalue weighted by Gasteiger charge is -2.24. The van der Waals surface area contributed by atoms with E-state index >= 15 is 0 Å². The van der Waals surface area contributed by atoms with Gasteiger partial charge in [-0.25, -0.2) is 14.7 Å². The number of anilines is 1. The van der Waals surface area contributed by atoms with E-state index in [2.05, 4.69) is 15.6 Å². The smallest absolute Gasteiger partial charge is 0.325 e. The van der Waals surface area contributed by atoms with Gasteiger partial charge in [0.05, 0.1) is 18.6 Å². The van der Waals surface area contributed by atoms with Crippen molar-refractivity contribution >= 4 is 23.5 Å². The first-order valence-corrected chi connectivity index (χ1v) is 10.1. The summed E-state index contributed by atoms with van der Waals surface area (Å²) < 4.78 is 7.70. The van der Waals surface area contributed by atoms with Gasteiger partial charge in [0.2, 0.25) is 5.91 Å². The summed E-state index contributed by atoms with van der Waals surface area (Å²) >= 11 is 0. The van der Waals surface area contributed by atoms with Crippen molar-refractivity contribution in [3.8, 4) is 5.75 Å². The average Bonchev–Trinajstić information content (AvgIpc) is 3.46. The van der Waals surface area contributed by atoms with Crippen molar-refractivity contribution in [3.05, 3.63) is 43.0 Å². The number of hydrogen-bond donors (Lipinski definition) is 2. The molecule has 0 radical (unpaired) electrons. The maximum atomic E-state index is 12.9. The predicted octanol–water partition coefficient (Wildman–Crippen LogP) is 2.15. The molecule has 4 rings (SSSR count). The molecule has 2 N–H and O–H groups in total. The summed E-state index contributed by atoms with van der Waals surface area (Å²) in [7, 11) is 0. The molecule has 9 heteroatoms. The van der Waals surface area contributed by atoms with Crippen LogP contribution in [0.1, 0.15) is 32.6 Å². The van der Waals surface area contributed by atoms with Crippen LogP contribution >= 0.6 is 0 Å². The van der Waals surface area contributed by atoms with Crippen LogP contribution in [0.4, 0.5) is 10.5 Å². The number of para-hydroxylation sites is 2. The van der Waals surface area contributed by atoms with Crippen molar-refractivity contribution in [1.82, 2.24) is 19.8 Å². The van der Waals surface area contributed by atoms with E-state index in [0.717, 1.165) is 17.7 Å².